The number of halogens is 1. The van der Waals surface area contributed by atoms with Crippen molar-refractivity contribution in [2.45, 2.75) is 12.5 Å². The number of hydrogen-bond acceptors (Lipinski definition) is 4. The molecule has 0 saturated heterocycles. The molecule has 6 heteroatoms. The SMILES string of the molecule is CN(Cc1nc(-c2ccc(Cl)cc2)no1)C(=O)C(c1ccccc1)c1ccccc1. The molecule has 0 aliphatic rings. The van der Waals surface area contributed by atoms with Gasteiger partial charge in [-0.3, -0.25) is 4.79 Å². The Kier molecular flexibility index (Phi) is 5.91. The van der Waals surface area contributed by atoms with E-state index in [4.69, 9.17) is 16.1 Å². The van der Waals surface area contributed by atoms with Crippen LogP contribution in [0, 0.1) is 0 Å². The topological polar surface area (TPSA) is 59.2 Å². The van der Waals surface area contributed by atoms with Crippen molar-refractivity contribution in [3.63, 3.8) is 0 Å². The lowest BCUT2D eigenvalue weighted by Gasteiger charge is -2.23. The summed E-state index contributed by atoms with van der Waals surface area (Å²) in [5, 5.41) is 4.66. The van der Waals surface area contributed by atoms with E-state index in [1.54, 1.807) is 24.1 Å². The molecule has 0 bridgehead atoms. The van der Waals surface area contributed by atoms with Crippen molar-refractivity contribution in [1.82, 2.24) is 15.0 Å². The minimum atomic E-state index is -0.406. The van der Waals surface area contributed by atoms with Crippen molar-refractivity contribution in [1.29, 1.82) is 0 Å². The highest BCUT2D eigenvalue weighted by Gasteiger charge is 2.26. The number of carbonyl (C=O) groups excluding carboxylic acids is 1. The molecule has 5 nitrogen and oxygen atoms in total. The molecular formula is C24H20ClN3O2. The van der Waals surface area contributed by atoms with Gasteiger partial charge in [0.2, 0.25) is 17.6 Å². The van der Waals surface area contributed by atoms with Gasteiger partial charge in [0.05, 0.1) is 12.5 Å². The molecule has 0 fully saturated rings. The van der Waals surface area contributed by atoms with Crippen LogP contribution in [0.2, 0.25) is 5.02 Å². The molecule has 0 unspecified atom stereocenters. The Labute approximate surface area is 179 Å². The fraction of sp³-hybridized carbons (Fsp3) is 0.125. The van der Waals surface area contributed by atoms with Crippen molar-refractivity contribution >= 4 is 17.5 Å². The minimum absolute atomic E-state index is 0.0429. The van der Waals surface area contributed by atoms with Crippen molar-refractivity contribution in [3.05, 3.63) is 107 Å². The number of carbonyl (C=O) groups is 1. The van der Waals surface area contributed by atoms with E-state index in [1.807, 2.05) is 72.8 Å². The maximum absolute atomic E-state index is 13.4. The largest absolute Gasteiger partial charge is 0.337 e. The minimum Gasteiger partial charge on any atom is -0.337 e. The van der Waals surface area contributed by atoms with Gasteiger partial charge in [-0.25, -0.2) is 0 Å². The zero-order valence-corrected chi connectivity index (χ0v) is 17.2. The van der Waals surface area contributed by atoms with Crippen molar-refractivity contribution in [2.24, 2.45) is 0 Å². The molecular weight excluding hydrogens is 398 g/mol. The van der Waals surface area contributed by atoms with Crippen molar-refractivity contribution in [2.75, 3.05) is 7.05 Å². The van der Waals surface area contributed by atoms with Crippen LogP contribution >= 0.6 is 11.6 Å². The second-order valence-electron chi connectivity index (χ2n) is 6.97. The number of likely N-dealkylation sites (N-methyl/N-ethyl adjacent to an activating group) is 1. The summed E-state index contributed by atoms with van der Waals surface area (Å²) in [6, 6.07) is 26.7. The van der Waals surface area contributed by atoms with E-state index in [-0.39, 0.29) is 12.5 Å². The maximum Gasteiger partial charge on any atom is 0.246 e. The monoisotopic (exact) mass is 417 g/mol. The van der Waals surface area contributed by atoms with Crippen LogP contribution in [-0.2, 0) is 11.3 Å². The van der Waals surface area contributed by atoms with Gasteiger partial charge in [-0.2, -0.15) is 4.98 Å². The highest BCUT2D eigenvalue weighted by Crippen LogP contribution is 2.27. The third-order valence-corrected chi connectivity index (χ3v) is 5.08. The summed E-state index contributed by atoms with van der Waals surface area (Å²) in [6.07, 6.45) is 0. The molecule has 150 valence electrons. The first-order valence-electron chi connectivity index (χ1n) is 9.55. The quantitative estimate of drug-likeness (QED) is 0.433. The zero-order chi connectivity index (χ0) is 20.9. The summed E-state index contributed by atoms with van der Waals surface area (Å²) in [5.41, 5.74) is 2.68. The van der Waals surface area contributed by atoms with E-state index in [0.29, 0.717) is 16.7 Å². The summed E-state index contributed by atoms with van der Waals surface area (Å²) in [7, 11) is 1.74. The van der Waals surface area contributed by atoms with Crippen LogP contribution in [-0.4, -0.2) is 28.0 Å². The Hall–Kier alpha value is -3.44. The highest BCUT2D eigenvalue weighted by molar-refractivity contribution is 6.30. The number of rotatable bonds is 6. The van der Waals surface area contributed by atoms with E-state index in [2.05, 4.69) is 10.1 Å². The Morgan fingerprint density at radius 2 is 1.50 bits per heavy atom. The molecule has 0 aliphatic carbocycles. The lowest BCUT2D eigenvalue weighted by Crippen LogP contribution is -2.32. The third-order valence-electron chi connectivity index (χ3n) is 4.83. The molecule has 0 aliphatic heterocycles. The Morgan fingerprint density at radius 3 is 2.07 bits per heavy atom. The smallest absolute Gasteiger partial charge is 0.246 e. The first-order valence-corrected chi connectivity index (χ1v) is 9.93. The van der Waals surface area contributed by atoms with Crippen LogP contribution in [0.4, 0.5) is 0 Å². The molecule has 1 amide bonds. The first-order chi connectivity index (χ1) is 14.6. The third kappa shape index (κ3) is 4.42. The first kappa shape index (κ1) is 19.9. The molecule has 4 rings (SSSR count). The van der Waals surface area contributed by atoms with Crippen LogP contribution in [0.25, 0.3) is 11.4 Å². The molecule has 30 heavy (non-hydrogen) atoms. The number of aromatic nitrogens is 2. The van der Waals surface area contributed by atoms with E-state index in [0.717, 1.165) is 16.7 Å². The van der Waals surface area contributed by atoms with Crippen LogP contribution in [0.3, 0.4) is 0 Å². The van der Waals surface area contributed by atoms with Gasteiger partial charge < -0.3 is 9.42 Å². The van der Waals surface area contributed by atoms with Gasteiger partial charge >= 0.3 is 0 Å². The second kappa shape index (κ2) is 8.93. The molecule has 0 N–H and O–H groups in total. The van der Waals surface area contributed by atoms with E-state index in [1.165, 1.54) is 0 Å². The molecule has 4 aromatic rings. The number of nitrogens with zero attached hydrogens (tertiary/aromatic N) is 3. The van der Waals surface area contributed by atoms with Crippen molar-refractivity contribution in [3.8, 4) is 11.4 Å². The van der Waals surface area contributed by atoms with Gasteiger partial charge in [-0.05, 0) is 35.4 Å². The van der Waals surface area contributed by atoms with Crippen LogP contribution in [0.15, 0.2) is 89.5 Å². The Balaban J connectivity index is 1.55. The van der Waals surface area contributed by atoms with Crippen LogP contribution in [0.1, 0.15) is 22.9 Å². The predicted molar refractivity (Wildman–Crippen MR) is 116 cm³/mol. The summed E-state index contributed by atoms with van der Waals surface area (Å²) >= 11 is 5.93. The fourth-order valence-electron chi connectivity index (χ4n) is 3.31. The van der Waals surface area contributed by atoms with Crippen LogP contribution in [0.5, 0.6) is 0 Å². The number of amides is 1. The summed E-state index contributed by atoms with van der Waals surface area (Å²) in [6.45, 7) is 0.218. The molecule has 0 radical (unpaired) electrons. The van der Waals surface area contributed by atoms with E-state index < -0.39 is 5.92 Å². The second-order valence-corrected chi connectivity index (χ2v) is 7.40. The lowest BCUT2D eigenvalue weighted by molar-refractivity contribution is -0.131. The van der Waals surface area contributed by atoms with E-state index >= 15 is 0 Å². The molecule has 0 saturated carbocycles. The molecule has 0 spiro atoms. The van der Waals surface area contributed by atoms with Gasteiger partial charge in [-0.15, -0.1) is 0 Å². The average molecular weight is 418 g/mol. The lowest BCUT2D eigenvalue weighted by atomic mass is 9.90. The summed E-state index contributed by atoms with van der Waals surface area (Å²) < 4.78 is 5.37. The predicted octanol–water partition coefficient (Wildman–Crippen LogP) is 5.18. The van der Waals surface area contributed by atoms with E-state index in [9.17, 15) is 4.79 Å². The molecule has 1 aromatic heterocycles. The van der Waals surface area contributed by atoms with Crippen molar-refractivity contribution < 1.29 is 9.32 Å². The van der Waals surface area contributed by atoms with Gasteiger partial charge in [0, 0.05) is 17.6 Å². The Morgan fingerprint density at radius 1 is 0.933 bits per heavy atom. The molecule has 1 heterocycles. The van der Waals surface area contributed by atoms with Gasteiger partial charge in [0.1, 0.15) is 0 Å². The van der Waals surface area contributed by atoms with Gasteiger partial charge in [0.15, 0.2) is 0 Å². The normalized spacial score (nSPS) is 10.9. The number of hydrogen-bond donors (Lipinski definition) is 0. The summed E-state index contributed by atoms with van der Waals surface area (Å²) in [5.74, 6) is 0.385. The Bertz CT molecular complexity index is 1070. The van der Waals surface area contributed by atoms with Gasteiger partial charge in [-0.1, -0.05) is 77.4 Å². The maximum atomic E-state index is 13.4. The number of benzene rings is 3. The van der Waals surface area contributed by atoms with Crippen LogP contribution < -0.4 is 0 Å². The molecule has 0 atom stereocenters. The average Bonchev–Trinajstić information content (AvgIpc) is 3.24. The zero-order valence-electron chi connectivity index (χ0n) is 16.4. The standard InChI is InChI=1S/C24H20ClN3O2/c1-28(16-21-26-23(27-30-21)19-12-14-20(25)15-13-19)24(29)22(17-8-4-2-5-9-17)18-10-6-3-7-11-18/h2-15,22H,16H2,1H3. The summed E-state index contributed by atoms with van der Waals surface area (Å²) in [4.78, 5) is 19.4. The van der Waals surface area contributed by atoms with Gasteiger partial charge in [0.25, 0.3) is 0 Å². The molecule has 3 aromatic carbocycles. The fourth-order valence-corrected chi connectivity index (χ4v) is 3.43. The highest BCUT2D eigenvalue weighted by atomic mass is 35.5.